The maximum absolute atomic E-state index is 4.57. The summed E-state index contributed by atoms with van der Waals surface area (Å²) in [6, 6.07) is 18.0. The molecule has 0 aliphatic carbocycles. The molecule has 0 spiro atoms. The molecule has 4 heteroatoms. The van der Waals surface area contributed by atoms with Crippen molar-refractivity contribution >= 4 is 5.82 Å². The van der Waals surface area contributed by atoms with E-state index in [-0.39, 0.29) is 0 Å². The van der Waals surface area contributed by atoms with Crippen molar-refractivity contribution in [1.29, 1.82) is 0 Å². The van der Waals surface area contributed by atoms with E-state index in [0.717, 1.165) is 25.5 Å². The summed E-state index contributed by atoms with van der Waals surface area (Å²) in [7, 11) is 2.24. The Balaban J connectivity index is 1.59. The normalized spacial score (nSPS) is 23.7. The Morgan fingerprint density at radius 3 is 2.62 bits per heavy atom. The first-order valence-corrected chi connectivity index (χ1v) is 9.78. The fourth-order valence-electron chi connectivity index (χ4n) is 3.84. The molecular formula is C22H32N4. The van der Waals surface area contributed by atoms with Crippen LogP contribution in [0, 0.1) is 5.92 Å². The van der Waals surface area contributed by atoms with Crippen LogP contribution in [0.25, 0.3) is 0 Å². The number of pyridine rings is 1. The first-order chi connectivity index (χ1) is 12.6. The molecule has 0 radical (unpaired) electrons. The summed E-state index contributed by atoms with van der Waals surface area (Å²) in [5.74, 6) is 1.72. The molecule has 2 heterocycles. The van der Waals surface area contributed by atoms with Gasteiger partial charge in [0, 0.05) is 37.9 Å². The highest BCUT2D eigenvalue weighted by Crippen LogP contribution is 2.22. The number of likely N-dealkylation sites (tertiary alicyclic amines) is 1. The molecule has 1 N–H and O–H groups in total. The molecule has 1 aliphatic heterocycles. The lowest BCUT2D eigenvalue weighted by Crippen LogP contribution is -2.52. The highest BCUT2D eigenvalue weighted by molar-refractivity contribution is 5.39. The van der Waals surface area contributed by atoms with Gasteiger partial charge in [-0.25, -0.2) is 4.98 Å². The number of benzene rings is 1. The SMILES string of the molecule is CC1C(NCCN(Cc2ccccc2)c2ccccn2)CCN(C)C1C. The molecule has 1 aromatic carbocycles. The van der Waals surface area contributed by atoms with Crippen molar-refractivity contribution in [2.75, 3.05) is 31.6 Å². The van der Waals surface area contributed by atoms with E-state index in [9.17, 15) is 0 Å². The summed E-state index contributed by atoms with van der Waals surface area (Å²) in [6.45, 7) is 8.72. The van der Waals surface area contributed by atoms with Crippen LogP contribution in [0.2, 0.25) is 0 Å². The lowest BCUT2D eigenvalue weighted by Gasteiger charge is -2.41. The van der Waals surface area contributed by atoms with Gasteiger partial charge in [0.15, 0.2) is 0 Å². The number of nitrogens with zero attached hydrogens (tertiary/aromatic N) is 3. The zero-order valence-electron chi connectivity index (χ0n) is 16.3. The van der Waals surface area contributed by atoms with Gasteiger partial charge in [0.1, 0.15) is 5.82 Å². The van der Waals surface area contributed by atoms with Gasteiger partial charge in [-0.2, -0.15) is 0 Å². The van der Waals surface area contributed by atoms with E-state index in [0.29, 0.717) is 18.0 Å². The molecule has 140 valence electrons. The smallest absolute Gasteiger partial charge is 0.128 e. The molecule has 1 saturated heterocycles. The number of nitrogens with one attached hydrogen (secondary N) is 1. The number of piperidine rings is 1. The predicted octanol–water partition coefficient (Wildman–Crippen LogP) is 3.41. The maximum atomic E-state index is 4.57. The van der Waals surface area contributed by atoms with Gasteiger partial charge in [0.2, 0.25) is 0 Å². The molecule has 3 atom stereocenters. The largest absolute Gasteiger partial charge is 0.351 e. The summed E-state index contributed by atoms with van der Waals surface area (Å²) < 4.78 is 0. The van der Waals surface area contributed by atoms with Crippen LogP contribution in [0.1, 0.15) is 25.8 Å². The Labute approximate surface area is 158 Å². The Morgan fingerprint density at radius 2 is 1.88 bits per heavy atom. The number of aromatic nitrogens is 1. The second-order valence-electron chi connectivity index (χ2n) is 7.52. The van der Waals surface area contributed by atoms with Gasteiger partial charge in [0.05, 0.1) is 0 Å². The van der Waals surface area contributed by atoms with Crippen LogP contribution in [0.4, 0.5) is 5.82 Å². The van der Waals surface area contributed by atoms with Gasteiger partial charge in [-0.3, -0.25) is 0 Å². The van der Waals surface area contributed by atoms with Crippen LogP contribution in [0.3, 0.4) is 0 Å². The van der Waals surface area contributed by atoms with Gasteiger partial charge in [-0.05, 0) is 50.6 Å². The Kier molecular flexibility index (Phi) is 6.64. The zero-order valence-corrected chi connectivity index (χ0v) is 16.3. The van der Waals surface area contributed by atoms with E-state index in [4.69, 9.17) is 0 Å². The van der Waals surface area contributed by atoms with Crippen molar-refractivity contribution in [1.82, 2.24) is 15.2 Å². The summed E-state index contributed by atoms with van der Waals surface area (Å²) in [4.78, 5) is 9.41. The third-order valence-electron chi connectivity index (χ3n) is 5.86. The second-order valence-corrected chi connectivity index (χ2v) is 7.52. The lowest BCUT2D eigenvalue weighted by atomic mass is 9.87. The van der Waals surface area contributed by atoms with Crippen LogP contribution in [0.15, 0.2) is 54.7 Å². The van der Waals surface area contributed by atoms with Gasteiger partial charge in [-0.15, -0.1) is 0 Å². The number of rotatable bonds is 7. The zero-order chi connectivity index (χ0) is 18.4. The van der Waals surface area contributed by atoms with E-state index in [1.54, 1.807) is 0 Å². The Morgan fingerprint density at radius 1 is 1.12 bits per heavy atom. The third-order valence-corrected chi connectivity index (χ3v) is 5.86. The number of hydrogen-bond acceptors (Lipinski definition) is 4. The van der Waals surface area contributed by atoms with Crippen molar-refractivity contribution in [3.05, 3.63) is 60.3 Å². The maximum Gasteiger partial charge on any atom is 0.128 e. The first-order valence-electron chi connectivity index (χ1n) is 9.78. The van der Waals surface area contributed by atoms with Gasteiger partial charge >= 0.3 is 0 Å². The van der Waals surface area contributed by atoms with E-state index < -0.39 is 0 Å². The van der Waals surface area contributed by atoms with Crippen LogP contribution >= 0.6 is 0 Å². The first kappa shape index (κ1) is 18.9. The summed E-state index contributed by atoms with van der Waals surface area (Å²) in [6.07, 6.45) is 3.10. The van der Waals surface area contributed by atoms with Crippen LogP contribution in [-0.4, -0.2) is 48.6 Å². The second kappa shape index (κ2) is 9.15. The molecule has 0 bridgehead atoms. The molecule has 1 fully saturated rings. The topological polar surface area (TPSA) is 31.4 Å². The highest BCUT2D eigenvalue weighted by Gasteiger charge is 2.29. The average molecular weight is 353 g/mol. The molecule has 0 amide bonds. The van der Waals surface area contributed by atoms with Gasteiger partial charge in [-0.1, -0.05) is 43.3 Å². The van der Waals surface area contributed by atoms with Crippen molar-refractivity contribution in [3.8, 4) is 0 Å². The van der Waals surface area contributed by atoms with E-state index in [1.165, 1.54) is 18.5 Å². The predicted molar refractivity (Wildman–Crippen MR) is 109 cm³/mol. The molecule has 0 saturated carbocycles. The summed E-state index contributed by atoms with van der Waals surface area (Å²) in [5.41, 5.74) is 1.32. The summed E-state index contributed by atoms with van der Waals surface area (Å²) >= 11 is 0. The summed E-state index contributed by atoms with van der Waals surface area (Å²) in [5, 5.41) is 3.81. The van der Waals surface area contributed by atoms with E-state index in [1.807, 2.05) is 12.3 Å². The van der Waals surface area contributed by atoms with Crippen molar-refractivity contribution in [2.45, 2.75) is 38.9 Å². The lowest BCUT2D eigenvalue weighted by molar-refractivity contribution is 0.110. The minimum Gasteiger partial charge on any atom is -0.351 e. The molecule has 26 heavy (non-hydrogen) atoms. The molecule has 3 rings (SSSR count). The highest BCUT2D eigenvalue weighted by atomic mass is 15.2. The fourth-order valence-corrected chi connectivity index (χ4v) is 3.84. The molecule has 2 aromatic rings. The average Bonchev–Trinajstić information content (AvgIpc) is 2.68. The van der Waals surface area contributed by atoms with Crippen molar-refractivity contribution < 1.29 is 0 Å². The quantitative estimate of drug-likeness (QED) is 0.827. The van der Waals surface area contributed by atoms with Gasteiger partial charge in [0.25, 0.3) is 0 Å². The Hall–Kier alpha value is -1.91. The minimum atomic E-state index is 0.600. The molecular weight excluding hydrogens is 320 g/mol. The molecule has 1 aliphatic rings. The minimum absolute atomic E-state index is 0.600. The number of anilines is 1. The van der Waals surface area contributed by atoms with Crippen LogP contribution < -0.4 is 10.2 Å². The van der Waals surface area contributed by atoms with Crippen LogP contribution in [0.5, 0.6) is 0 Å². The number of hydrogen-bond donors (Lipinski definition) is 1. The van der Waals surface area contributed by atoms with Crippen LogP contribution in [-0.2, 0) is 6.54 Å². The monoisotopic (exact) mass is 352 g/mol. The molecule has 3 unspecified atom stereocenters. The van der Waals surface area contributed by atoms with E-state index >= 15 is 0 Å². The fraction of sp³-hybridized carbons (Fsp3) is 0.500. The third kappa shape index (κ3) is 4.83. The standard InChI is InChI=1S/C22H32N4/c1-18-19(2)25(3)15-12-21(18)23-14-16-26(22-11-7-8-13-24-22)17-20-9-5-4-6-10-20/h4-11,13,18-19,21,23H,12,14-17H2,1-3H3. The van der Waals surface area contributed by atoms with Crippen molar-refractivity contribution in [2.24, 2.45) is 5.92 Å². The Bertz CT molecular complexity index is 646. The molecule has 4 nitrogen and oxygen atoms in total. The van der Waals surface area contributed by atoms with Gasteiger partial charge < -0.3 is 15.1 Å². The van der Waals surface area contributed by atoms with E-state index in [2.05, 4.69) is 83.5 Å². The van der Waals surface area contributed by atoms with Crippen molar-refractivity contribution in [3.63, 3.8) is 0 Å². The molecule has 1 aromatic heterocycles.